The van der Waals surface area contributed by atoms with E-state index in [1.165, 1.54) is 0 Å². The van der Waals surface area contributed by atoms with E-state index in [0.29, 0.717) is 18.9 Å². The molecule has 0 bridgehead atoms. The number of urea groups is 1. The number of benzene rings is 1. The van der Waals surface area contributed by atoms with E-state index in [0.717, 1.165) is 36.9 Å². The number of amides is 3. The van der Waals surface area contributed by atoms with E-state index in [2.05, 4.69) is 15.5 Å². The molecule has 0 aliphatic carbocycles. The summed E-state index contributed by atoms with van der Waals surface area (Å²) in [4.78, 5) is 26.5. The second-order valence-electron chi connectivity index (χ2n) is 6.96. The van der Waals surface area contributed by atoms with E-state index in [4.69, 9.17) is 9.47 Å². The van der Waals surface area contributed by atoms with E-state index < -0.39 is 6.03 Å². The number of anilines is 1. The molecule has 1 atom stereocenters. The van der Waals surface area contributed by atoms with Gasteiger partial charge in [0, 0.05) is 5.69 Å². The molecule has 26 heavy (non-hydrogen) atoms. The van der Waals surface area contributed by atoms with Crippen molar-refractivity contribution in [1.29, 1.82) is 0 Å². The summed E-state index contributed by atoms with van der Waals surface area (Å²) < 4.78 is 11.2. The van der Waals surface area contributed by atoms with Gasteiger partial charge in [0.1, 0.15) is 0 Å². The Morgan fingerprint density at radius 2 is 1.96 bits per heavy atom. The highest BCUT2D eigenvalue weighted by molar-refractivity contribution is 6.02. The first-order valence-electron chi connectivity index (χ1n) is 9.18. The molecule has 2 aliphatic heterocycles. The summed E-state index contributed by atoms with van der Waals surface area (Å²) in [6.45, 7) is 6.07. The second-order valence-corrected chi connectivity index (χ2v) is 6.96. The third kappa shape index (κ3) is 4.81. The molecule has 0 radical (unpaired) electrons. The van der Waals surface area contributed by atoms with Crippen LogP contribution in [0.4, 0.5) is 10.5 Å². The summed E-state index contributed by atoms with van der Waals surface area (Å²) in [5.41, 5.74) is 2.78. The van der Waals surface area contributed by atoms with Crippen LogP contribution in [-0.4, -0.2) is 55.5 Å². The fourth-order valence-electron chi connectivity index (χ4n) is 3.58. The molecule has 1 aromatic rings. The van der Waals surface area contributed by atoms with Gasteiger partial charge in [0.25, 0.3) is 0 Å². The molecule has 0 saturated carbocycles. The largest absolute Gasteiger partial charge is 0.349 e. The van der Waals surface area contributed by atoms with Gasteiger partial charge in [0.2, 0.25) is 5.91 Å². The predicted octanol–water partition coefficient (Wildman–Crippen LogP) is 2.18. The molecule has 3 amide bonds. The first-order chi connectivity index (χ1) is 12.5. The number of carbonyl (C=O) groups is 2. The van der Waals surface area contributed by atoms with Gasteiger partial charge in [0.05, 0.1) is 25.8 Å². The zero-order valence-electron chi connectivity index (χ0n) is 15.4. The molecule has 7 heteroatoms. The van der Waals surface area contributed by atoms with Crippen molar-refractivity contribution in [3.63, 3.8) is 0 Å². The average molecular weight is 361 g/mol. The summed E-state index contributed by atoms with van der Waals surface area (Å²) >= 11 is 0. The second kappa shape index (κ2) is 8.62. The number of imide groups is 1. The van der Waals surface area contributed by atoms with Crippen molar-refractivity contribution >= 4 is 17.6 Å². The van der Waals surface area contributed by atoms with Crippen molar-refractivity contribution < 1.29 is 19.1 Å². The zero-order valence-corrected chi connectivity index (χ0v) is 15.4. The fraction of sp³-hybridized carbons (Fsp3) is 0.579. The quantitative estimate of drug-likeness (QED) is 0.859. The van der Waals surface area contributed by atoms with Gasteiger partial charge >= 0.3 is 6.03 Å². The lowest BCUT2D eigenvalue weighted by atomic mass is 10.0. The van der Waals surface area contributed by atoms with Crippen molar-refractivity contribution in [1.82, 2.24) is 10.2 Å². The Bertz CT molecular complexity index is 658. The van der Waals surface area contributed by atoms with Crippen LogP contribution < -0.4 is 10.6 Å². The molecule has 3 rings (SSSR count). The number of likely N-dealkylation sites (tertiary alicyclic amines) is 1. The molecule has 142 valence electrons. The fourth-order valence-corrected chi connectivity index (χ4v) is 3.58. The van der Waals surface area contributed by atoms with Gasteiger partial charge in [-0.25, -0.2) is 4.79 Å². The standard InChI is InChI=1S/C19H27N3O4/c1-13-6-7-15(14(2)11-13)20-19(24)21-17(23)12-22-8-4-3-5-16(22)18-25-9-10-26-18/h6-7,11,16,18H,3-5,8-10,12H2,1-2H3,(H2,20,21,23,24). The van der Waals surface area contributed by atoms with Crippen LogP contribution in [0.1, 0.15) is 30.4 Å². The number of ether oxygens (including phenoxy) is 2. The molecule has 2 heterocycles. The van der Waals surface area contributed by atoms with Gasteiger partial charge in [-0.3, -0.25) is 15.0 Å². The summed E-state index contributed by atoms with van der Waals surface area (Å²) in [6, 6.07) is 5.30. The maximum absolute atomic E-state index is 12.3. The molecule has 7 nitrogen and oxygen atoms in total. The Hall–Kier alpha value is -1.96. The molecule has 0 aromatic heterocycles. The lowest BCUT2D eigenvalue weighted by Crippen LogP contribution is -2.51. The maximum atomic E-state index is 12.3. The molecule has 2 fully saturated rings. The number of aryl methyl sites for hydroxylation is 2. The van der Waals surface area contributed by atoms with Crippen LogP contribution in [0.2, 0.25) is 0 Å². The highest BCUT2D eigenvalue weighted by Crippen LogP contribution is 2.24. The number of rotatable bonds is 4. The maximum Gasteiger partial charge on any atom is 0.325 e. The van der Waals surface area contributed by atoms with Crippen LogP contribution in [0.25, 0.3) is 0 Å². The Morgan fingerprint density at radius 1 is 1.19 bits per heavy atom. The number of carbonyl (C=O) groups excluding carboxylic acids is 2. The van der Waals surface area contributed by atoms with Gasteiger partial charge < -0.3 is 14.8 Å². The van der Waals surface area contributed by atoms with Gasteiger partial charge in [-0.05, 0) is 44.9 Å². The van der Waals surface area contributed by atoms with E-state index in [1.807, 2.05) is 32.0 Å². The number of hydrogen-bond donors (Lipinski definition) is 2. The molecule has 0 spiro atoms. The van der Waals surface area contributed by atoms with Crippen LogP contribution in [0.5, 0.6) is 0 Å². The van der Waals surface area contributed by atoms with Crippen LogP contribution in [0.15, 0.2) is 18.2 Å². The van der Waals surface area contributed by atoms with Crippen LogP contribution in [0, 0.1) is 13.8 Å². The summed E-state index contributed by atoms with van der Waals surface area (Å²) in [6.07, 6.45) is 2.80. The highest BCUT2D eigenvalue weighted by atomic mass is 16.7. The summed E-state index contributed by atoms with van der Waals surface area (Å²) in [5.74, 6) is -0.322. The van der Waals surface area contributed by atoms with Gasteiger partial charge in [-0.15, -0.1) is 0 Å². The Kier molecular flexibility index (Phi) is 6.24. The third-order valence-corrected chi connectivity index (χ3v) is 4.86. The average Bonchev–Trinajstić information content (AvgIpc) is 3.12. The number of hydrogen-bond acceptors (Lipinski definition) is 5. The number of nitrogens with one attached hydrogen (secondary N) is 2. The Morgan fingerprint density at radius 3 is 2.69 bits per heavy atom. The van der Waals surface area contributed by atoms with Crippen LogP contribution in [-0.2, 0) is 14.3 Å². The van der Waals surface area contributed by atoms with Crippen molar-refractivity contribution in [2.45, 2.75) is 45.4 Å². The highest BCUT2D eigenvalue weighted by Gasteiger charge is 2.34. The van der Waals surface area contributed by atoms with E-state index in [9.17, 15) is 9.59 Å². The molecular weight excluding hydrogens is 334 g/mol. The van der Waals surface area contributed by atoms with Crippen LogP contribution >= 0.6 is 0 Å². The summed E-state index contributed by atoms with van der Waals surface area (Å²) in [7, 11) is 0. The lowest BCUT2D eigenvalue weighted by Gasteiger charge is -2.37. The minimum absolute atomic E-state index is 0.0689. The molecule has 2 N–H and O–H groups in total. The van der Waals surface area contributed by atoms with E-state index in [1.54, 1.807) is 0 Å². The van der Waals surface area contributed by atoms with Crippen LogP contribution in [0.3, 0.4) is 0 Å². The Balaban J connectivity index is 1.52. The van der Waals surface area contributed by atoms with E-state index in [-0.39, 0.29) is 24.8 Å². The Labute approximate surface area is 154 Å². The van der Waals surface area contributed by atoms with Crippen molar-refractivity contribution in [3.05, 3.63) is 29.3 Å². The normalized spacial score (nSPS) is 21.5. The molecule has 1 aromatic carbocycles. The molecule has 2 aliphatic rings. The van der Waals surface area contributed by atoms with Gasteiger partial charge in [-0.1, -0.05) is 24.1 Å². The number of nitrogens with zero attached hydrogens (tertiary/aromatic N) is 1. The lowest BCUT2D eigenvalue weighted by molar-refractivity contribution is -0.130. The van der Waals surface area contributed by atoms with Crippen molar-refractivity contribution in [2.75, 3.05) is 31.6 Å². The monoisotopic (exact) mass is 361 g/mol. The first-order valence-corrected chi connectivity index (χ1v) is 9.18. The van der Waals surface area contributed by atoms with Crippen molar-refractivity contribution in [2.24, 2.45) is 0 Å². The molecular formula is C19H27N3O4. The summed E-state index contributed by atoms with van der Waals surface area (Å²) in [5, 5.41) is 5.15. The SMILES string of the molecule is Cc1ccc(NC(=O)NC(=O)CN2CCCCC2C2OCCO2)c(C)c1. The first kappa shape index (κ1) is 18.8. The molecule has 1 unspecified atom stereocenters. The molecule has 2 saturated heterocycles. The topological polar surface area (TPSA) is 79.9 Å². The predicted molar refractivity (Wildman–Crippen MR) is 98.0 cm³/mol. The van der Waals surface area contributed by atoms with Gasteiger partial charge in [-0.2, -0.15) is 0 Å². The minimum atomic E-state index is -0.510. The third-order valence-electron chi connectivity index (χ3n) is 4.86. The van der Waals surface area contributed by atoms with Gasteiger partial charge in [0.15, 0.2) is 6.29 Å². The zero-order chi connectivity index (χ0) is 18.5. The van der Waals surface area contributed by atoms with E-state index >= 15 is 0 Å². The minimum Gasteiger partial charge on any atom is -0.349 e. The number of piperidine rings is 1. The van der Waals surface area contributed by atoms with Crippen molar-refractivity contribution in [3.8, 4) is 0 Å². The smallest absolute Gasteiger partial charge is 0.325 e.